The van der Waals surface area contributed by atoms with Crippen LogP contribution in [0.3, 0.4) is 0 Å². The van der Waals surface area contributed by atoms with Crippen LogP contribution in [-0.4, -0.2) is 32.2 Å². The zero-order valence-electron chi connectivity index (χ0n) is 14.6. The summed E-state index contributed by atoms with van der Waals surface area (Å²) in [5.74, 6) is -0.290. The number of halogens is 1. The minimum Gasteiger partial charge on any atom is -0.325 e. The van der Waals surface area contributed by atoms with Crippen molar-refractivity contribution in [1.82, 2.24) is 14.8 Å². The lowest BCUT2D eigenvalue weighted by atomic mass is 10.0. The van der Waals surface area contributed by atoms with Gasteiger partial charge in [0.2, 0.25) is 5.91 Å². The Kier molecular flexibility index (Phi) is 6.26. The fourth-order valence-corrected chi connectivity index (χ4v) is 3.40. The second-order valence-electron chi connectivity index (χ2n) is 5.62. The summed E-state index contributed by atoms with van der Waals surface area (Å²) in [6.07, 6.45) is 1.62. The van der Waals surface area contributed by atoms with Gasteiger partial charge in [-0.25, -0.2) is 0 Å². The molecule has 0 aliphatic rings. The van der Waals surface area contributed by atoms with Crippen molar-refractivity contribution in [3.05, 3.63) is 71.0 Å². The standard InChI is InChI=1S/C19H17ClN4O2S/c1-2-24-12-21-23-19(24)27-11-17(25)22-16-9-8-14(20)10-15(16)18(26)13-6-4-3-5-7-13/h3-10,12H,2,11H2,1H3,(H,22,25). The molecule has 1 N–H and O–H groups in total. The van der Waals surface area contributed by atoms with Gasteiger partial charge in [-0.05, 0) is 25.1 Å². The van der Waals surface area contributed by atoms with Gasteiger partial charge in [-0.2, -0.15) is 0 Å². The quantitative estimate of drug-likeness (QED) is 0.480. The van der Waals surface area contributed by atoms with Crippen LogP contribution in [0.2, 0.25) is 5.02 Å². The summed E-state index contributed by atoms with van der Waals surface area (Å²) in [6.45, 7) is 2.70. The molecule has 3 aromatic rings. The number of rotatable bonds is 7. The number of aryl methyl sites for hydroxylation is 1. The van der Waals surface area contributed by atoms with Crippen molar-refractivity contribution in [1.29, 1.82) is 0 Å². The van der Waals surface area contributed by atoms with E-state index in [-0.39, 0.29) is 17.4 Å². The number of ketones is 1. The molecule has 138 valence electrons. The number of benzene rings is 2. The molecule has 3 rings (SSSR count). The first kappa shape index (κ1) is 19.1. The number of hydrogen-bond acceptors (Lipinski definition) is 5. The Hall–Kier alpha value is -2.64. The highest BCUT2D eigenvalue weighted by molar-refractivity contribution is 7.99. The maximum Gasteiger partial charge on any atom is 0.234 e. The molecule has 27 heavy (non-hydrogen) atoms. The highest BCUT2D eigenvalue weighted by Crippen LogP contribution is 2.24. The highest BCUT2D eigenvalue weighted by atomic mass is 35.5. The van der Waals surface area contributed by atoms with E-state index < -0.39 is 0 Å². The minimum absolute atomic E-state index is 0.153. The lowest BCUT2D eigenvalue weighted by molar-refractivity contribution is -0.113. The van der Waals surface area contributed by atoms with Crippen molar-refractivity contribution >= 4 is 40.7 Å². The van der Waals surface area contributed by atoms with E-state index in [1.54, 1.807) is 48.8 Å². The topological polar surface area (TPSA) is 76.9 Å². The average Bonchev–Trinajstić information content (AvgIpc) is 3.15. The molecule has 1 heterocycles. The van der Waals surface area contributed by atoms with E-state index in [0.717, 1.165) is 6.54 Å². The summed E-state index contributed by atoms with van der Waals surface area (Å²) in [5, 5.41) is 11.7. The number of thioether (sulfide) groups is 1. The Morgan fingerprint density at radius 3 is 2.70 bits per heavy atom. The van der Waals surface area contributed by atoms with Gasteiger partial charge in [-0.15, -0.1) is 10.2 Å². The Labute approximate surface area is 165 Å². The minimum atomic E-state index is -0.241. The molecule has 0 unspecified atom stereocenters. The van der Waals surface area contributed by atoms with Crippen LogP contribution in [-0.2, 0) is 11.3 Å². The summed E-state index contributed by atoms with van der Waals surface area (Å²) in [5.41, 5.74) is 1.31. The van der Waals surface area contributed by atoms with Gasteiger partial charge in [0.1, 0.15) is 6.33 Å². The first-order valence-corrected chi connectivity index (χ1v) is 9.64. The fourth-order valence-electron chi connectivity index (χ4n) is 2.45. The number of carbonyl (C=O) groups is 2. The molecule has 0 radical (unpaired) electrons. The molecule has 1 amide bonds. The Bertz CT molecular complexity index is 959. The molecule has 8 heteroatoms. The normalized spacial score (nSPS) is 10.6. The van der Waals surface area contributed by atoms with Gasteiger partial charge in [0.15, 0.2) is 10.9 Å². The van der Waals surface area contributed by atoms with E-state index in [1.807, 2.05) is 17.6 Å². The second kappa shape index (κ2) is 8.83. The van der Waals surface area contributed by atoms with E-state index in [4.69, 9.17) is 11.6 Å². The van der Waals surface area contributed by atoms with Gasteiger partial charge in [0.05, 0.1) is 11.4 Å². The fraction of sp³-hybridized carbons (Fsp3) is 0.158. The number of hydrogen-bond donors (Lipinski definition) is 1. The number of nitrogens with one attached hydrogen (secondary N) is 1. The van der Waals surface area contributed by atoms with Crippen LogP contribution in [0.5, 0.6) is 0 Å². The molecule has 0 saturated heterocycles. The summed E-state index contributed by atoms with van der Waals surface area (Å²) in [4.78, 5) is 25.2. The van der Waals surface area contributed by atoms with Gasteiger partial charge in [0, 0.05) is 22.7 Å². The summed E-state index contributed by atoms with van der Waals surface area (Å²) < 4.78 is 1.85. The highest BCUT2D eigenvalue weighted by Gasteiger charge is 2.16. The zero-order valence-corrected chi connectivity index (χ0v) is 16.1. The van der Waals surface area contributed by atoms with Gasteiger partial charge >= 0.3 is 0 Å². The summed E-state index contributed by atoms with van der Waals surface area (Å²) in [7, 11) is 0. The van der Waals surface area contributed by atoms with Gasteiger partial charge in [-0.3, -0.25) is 9.59 Å². The van der Waals surface area contributed by atoms with E-state index >= 15 is 0 Å². The molecular weight excluding hydrogens is 384 g/mol. The van der Waals surface area contributed by atoms with Crippen molar-refractivity contribution in [2.45, 2.75) is 18.6 Å². The zero-order chi connectivity index (χ0) is 19.2. The number of nitrogens with zero attached hydrogens (tertiary/aromatic N) is 3. The molecule has 0 aliphatic heterocycles. The van der Waals surface area contributed by atoms with Gasteiger partial charge < -0.3 is 9.88 Å². The summed E-state index contributed by atoms with van der Waals surface area (Å²) in [6, 6.07) is 13.7. The molecule has 0 bridgehead atoms. The van der Waals surface area contributed by atoms with Crippen LogP contribution in [0.1, 0.15) is 22.8 Å². The molecule has 0 aliphatic carbocycles. The molecule has 0 fully saturated rings. The smallest absolute Gasteiger partial charge is 0.234 e. The number of anilines is 1. The maximum atomic E-state index is 12.8. The molecule has 0 spiro atoms. The SMILES string of the molecule is CCn1cnnc1SCC(=O)Nc1ccc(Cl)cc1C(=O)c1ccccc1. The number of aromatic nitrogens is 3. The lowest BCUT2D eigenvalue weighted by Crippen LogP contribution is -2.17. The van der Waals surface area contributed by atoms with E-state index in [1.165, 1.54) is 11.8 Å². The third-order valence-corrected chi connectivity index (χ3v) is 5.01. The Balaban J connectivity index is 1.75. The van der Waals surface area contributed by atoms with E-state index in [9.17, 15) is 9.59 Å². The first-order chi connectivity index (χ1) is 13.1. The second-order valence-corrected chi connectivity index (χ2v) is 7.00. The third-order valence-electron chi connectivity index (χ3n) is 3.79. The van der Waals surface area contributed by atoms with Crippen LogP contribution in [0.15, 0.2) is 60.0 Å². The maximum absolute atomic E-state index is 12.8. The first-order valence-electron chi connectivity index (χ1n) is 8.28. The molecule has 6 nitrogen and oxygen atoms in total. The van der Waals surface area contributed by atoms with Crippen molar-refractivity contribution in [2.24, 2.45) is 0 Å². The van der Waals surface area contributed by atoms with Crippen molar-refractivity contribution in [2.75, 3.05) is 11.1 Å². The van der Waals surface area contributed by atoms with Crippen LogP contribution in [0.25, 0.3) is 0 Å². The molecule has 0 saturated carbocycles. The molecular formula is C19H17ClN4O2S. The molecule has 1 aromatic heterocycles. The van der Waals surface area contributed by atoms with Crippen LogP contribution in [0.4, 0.5) is 5.69 Å². The average molecular weight is 401 g/mol. The monoisotopic (exact) mass is 400 g/mol. The molecule has 0 atom stereocenters. The summed E-state index contributed by atoms with van der Waals surface area (Å²) >= 11 is 7.35. The van der Waals surface area contributed by atoms with E-state index in [0.29, 0.717) is 27.0 Å². The van der Waals surface area contributed by atoms with E-state index in [2.05, 4.69) is 15.5 Å². The van der Waals surface area contributed by atoms with Crippen LogP contribution < -0.4 is 5.32 Å². The largest absolute Gasteiger partial charge is 0.325 e. The molecule has 2 aromatic carbocycles. The van der Waals surface area contributed by atoms with Crippen molar-refractivity contribution < 1.29 is 9.59 Å². The lowest BCUT2D eigenvalue weighted by Gasteiger charge is -2.11. The van der Waals surface area contributed by atoms with Crippen molar-refractivity contribution in [3.63, 3.8) is 0 Å². The predicted octanol–water partition coefficient (Wildman–Crippen LogP) is 3.91. The van der Waals surface area contributed by atoms with Crippen molar-refractivity contribution in [3.8, 4) is 0 Å². The van der Waals surface area contributed by atoms with Crippen LogP contribution >= 0.6 is 23.4 Å². The number of carbonyl (C=O) groups excluding carboxylic acids is 2. The van der Waals surface area contributed by atoms with Gasteiger partial charge in [-0.1, -0.05) is 53.7 Å². The Morgan fingerprint density at radius 1 is 1.19 bits per heavy atom. The third kappa shape index (κ3) is 4.75. The Morgan fingerprint density at radius 2 is 1.96 bits per heavy atom. The predicted molar refractivity (Wildman–Crippen MR) is 106 cm³/mol. The van der Waals surface area contributed by atoms with Gasteiger partial charge in [0.25, 0.3) is 0 Å². The number of amides is 1. The van der Waals surface area contributed by atoms with Crippen LogP contribution in [0, 0.1) is 0 Å².